The fraction of sp³-hybridized carbons (Fsp3) is 0.727. The molecule has 0 amide bonds. The molecule has 1 N–H and O–H groups in total. The number of carbonyl (C=O) groups excluding carboxylic acids is 2. The largest absolute Gasteiger partial charge is 0.481 e. The van der Waals surface area contributed by atoms with Crippen molar-refractivity contribution in [3.63, 3.8) is 0 Å². The zero-order valence-electron chi connectivity index (χ0n) is 8.91. The second-order valence-corrected chi connectivity index (χ2v) is 3.57. The van der Waals surface area contributed by atoms with Crippen LogP contribution in [0.1, 0.15) is 51.4 Å². The molecule has 0 atom stereocenters. The van der Waals surface area contributed by atoms with Gasteiger partial charge in [0.1, 0.15) is 12.1 Å². The maximum atomic E-state index is 10.9. The number of aldehydes is 1. The van der Waals surface area contributed by atoms with E-state index in [0.29, 0.717) is 19.1 Å². The van der Waals surface area contributed by atoms with E-state index in [0.717, 1.165) is 25.7 Å². The van der Waals surface area contributed by atoms with Gasteiger partial charge in [0.25, 0.3) is 0 Å². The standard InChI is InChI=1S/C11H18O4/c12-9-8-10(13)6-4-2-1-3-5-7-11(14)15/h9H,1-8H2,(H,14,15). The second kappa shape index (κ2) is 9.37. The van der Waals surface area contributed by atoms with Crippen molar-refractivity contribution in [1.29, 1.82) is 0 Å². The zero-order valence-corrected chi connectivity index (χ0v) is 8.91. The number of unbranched alkanes of at least 4 members (excludes halogenated alkanes) is 4. The first-order valence-electron chi connectivity index (χ1n) is 5.34. The minimum Gasteiger partial charge on any atom is -0.481 e. The summed E-state index contributed by atoms with van der Waals surface area (Å²) in [6.45, 7) is 0. The molecule has 0 fully saturated rings. The Hall–Kier alpha value is -1.19. The van der Waals surface area contributed by atoms with Gasteiger partial charge in [-0.1, -0.05) is 19.3 Å². The molecular formula is C11H18O4. The van der Waals surface area contributed by atoms with E-state index < -0.39 is 5.97 Å². The number of carboxylic acid groups (broad SMARTS) is 1. The van der Waals surface area contributed by atoms with Gasteiger partial charge in [-0.25, -0.2) is 0 Å². The Morgan fingerprint density at radius 3 is 2.00 bits per heavy atom. The third kappa shape index (κ3) is 10.7. The molecule has 0 bridgehead atoms. The molecule has 0 spiro atoms. The van der Waals surface area contributed by atoms with Crippen LogP contribution in [0, 0.1) is 0 Å². The number of carbonyl (C=O) groups is 3. The van der Waals surface area contributed by atoms with Crippen molar-refractivity contribution in [3.05, 3.63) is 0 Å². The summed E-state index contributed by atoms with van der Waals surface area (Å²) in [6, 6.07) is 0. The van der Waals surface area contributed by atoms with Crippen LogP contribution in [0.5, 0.6) is 0 Å². The number of Topliss-reactive ketones (excluding diaryl/α,β-unsaturated/α-hetero) is 1. The van der Waals surface area contributed by atoms with Crippen LogP contribution in [0.25, 0.3) is 0 Å². The number of carboxylic acids is 1. The van der Waals surface area contributed by atoms with Crippen molar-refractivity contribution in [2.24, 2.45) is 0 Å². The molecule has 86 valence electrons. The van der Waals surface area contributed by atoms with E-state index in [-0.39, 0.29) is 18.6 Å². The molecule has 0 aliphatic heterocycles. The quantitative estimate of drug-likeness (QED) is 0.343. The summed E-state index contributed by atoms with van der Waals surface area (Å²) >= 11 is 0. The number of rotatable bonds is 10. The van der Waals surface area contributed by atoms with E-state index in [4.69, 9.17) is 5.11 Å². The Bertz CT molecular complexity index is 211. The normalized spacial score (nSPS) is 9.87. The molecule has 4 heteroatoms. The summed E-state index contributed by atoms with van der Waals surface area (Å²) in [7, 11) is 0. The highest BCUT2D eigenvalue weighted by atomic mass is 16.4. The van der Waals surface area contributed by atoms with Crippen LogP contribution in [0.15, 0.2) is 0 Å². The van der Waals surface area contributed by atoms with Crippen molar-refractivity contribution in [3.8, 4) is 0 Å². The lowest BCUT2D eigenvalue weighted by atomic mass is 10.1. The topological polar surface area (TPSA) is 71.4 Å². The predicted octanol–water partition coefficient (Wildman–Crippen LogP) is 1.96. The summed E-state index contributed by atoms with van der Waals surface area (Å²) in [4.78, 5) is 31.1. The van der Waals surface area contributed by atoms with Crippen LogP contribution in [-0.4, -0.2) is 23.1 Å². The molecule has 0 aliphatic rings. The van der Waals surface area contributed by atoms with Gasteiger partial charge in [-0.15, -0.1) is 0 Å². The van der Waals surface area contributed by atoms with Gasteiger partial charge in [-0.3, -0.25) is 9.59 Å². The number of hydrogen-bond donors (Lipinski definition) is 1. The monoisotopic (exact) mass is 214 g/mol. The van der Waals surface area contributed by atoms with Crippen LogP contribution in [0.2, 0.25) is 0 Å². The maximum absolute atomic E-state index is 10.9. The van der Waals surface area contributed by atoms with E-state index in [1.54, 1.807) is 0 Å². The summed E-state index contributed by atoms with van der Waals surface area (Å²) in [5.41, 5.74) is 0. The van der Waals surface area contributed by atoms with Crippen LogP contribution in [0.3, 0.4) is 0 Å². The van der Waals surface area contributed by atoms with E-state index in [1.807, 2.05) is 0 Å². The lowest BCUT2D eigenvalue weighted by Gasteiger charge is -1.99. The second-order valence-electron chi connectivity index (χ2n) is 3.57. The lowest BCUT2D eigenvalue weighted by Crippen LogP contribution is -1.98. The average molecular weight is 214 g/mol. The van der Waals surface area contributed by atoms with E-state index in [2.05, 4.69) is 0 Å². The van der Waals surface area contributed by atoms with Gasteiger partial charge in [0.05, 0.1) is 6.42 Å². The van der Waals surface area contributed by atoms with Crippen LogP contribution < -0.4 is 0 Å². The zero-order chi connectivity index (χ0) is 11.5. The fourth-order valence-corrected chi connectivity index (χ4v) is 1.32. The summed E-state index contributed by atoms with van der Waals surface area (Å²) < 4.78 is 0. The van der Waals surface area contributed by atoms with Crippen molar-refractivity contribution >= 4 is 18.0 Å². The van der Waals surface area contributed by atoms with Gasteiger partial charge >= 0.3 is 5.97 Å². The molecule has 0 aromatic carbocycles. The van der Waals surface area contributed by atoms with Gasteiger partial charge in [-0.05, 0) is 12.8 Å². The first-order valence-corrected chi connectivity index (χ1v) is 5.34. The Balaban J connectivity index is 3.14. The highest BCUT2D eigenvalue weighted by molar-refractivity contribution is 5.89. The molecule has 0 aliphatic carbocycles. The van der Waals surface area contributed by atoms with E-state index in [9.17, 15) is 14.4 Å². The maximum Gasteiger partial charge on any atom is 0.303 e. The summed E-state index contributed by atoms with van der Waals surface area (Å²) in [5.74, 6) is -0.758. The highest BCUT2D eigenvalue weighted by Crippen LogP contribution is 2.07. The first kappa shape index (κ1) is 13.8. The van der Waals surface area contributed by atoms with Gasteiger partial charge in [0.15, 0.2) is 0 Å². The molecule has 0 aromatic rings. The van der Waals surface area contributed by atoms with E-state index in [1.165, 1.54) is 0 Å². The van der Waals surface area contributed by atoms with Crippen LogP contribution in [-0.2, 0) is 14.4 Å². The van der Waals surface area contributed by atoms with E-state index >= 15 is 0 Å². The molecule has 0 heterocycles. The summed E-state index contributed by atoms with van der Waals surface area (Å²) in [5, 5.41) is 8.37. The predicted molar refractivity (Wildman–Crippen MR) is 55.6 cm³/mol. The average Bonchev–Trinajstić information content (AvgIpc) is 2.16. The highest BCUT2D eigenvalue weighted by Gasteiger charge is 2.00. The molecule has 0 saturated carbocycles. The van der Waals surface area contributed by atoms with Crippen molar-refractivity contribution in [2.45, 2.75) is 51.4 Å². The Morgan fingerprint density at radius 1 is 0.933 bits per heavy atom. The minimum absolute atomic E-state index is 0.00413. The third-order valence-electron chi connectivity index (χ3n) is 2.16. The van der Waals surface area contributed by atoms with Crippen molar-refractivity contribution in [1.82, 2.24) is 0 Å². The molecule has 0 radical (unpaired) electrons. The van der Waals surface area contributed by atoms with Gasteiger partial charge in [0, 0.05) is 12.8 Å². The molecular weight excluding hydrogens is 196 g/mol. The molecule has 0 rings (SSSR count). The molecule has 0 aromatic heterocycles. The minimum atomic E-state index is -0.754. The molecule has 15 heavy (non-hydrogen) atoms. The Labute approximate surface area is 89.7 Å². The smallest absolute Gasteiger partial charge is 0.303 e. The number of ketones is 1. The Kier molecular flexibility index (Phi) is 8.63. The van der Waals surface area contributed by atoms with Crippen LogP contribution >= 0.6 is 0 Å². The number of hydrogen-bond acceptors (Lipinski definition) is 3. The molecule has 4 nitrogen and oxygen atoms in total. The number of aliphatic carboxylic acids is 1. The third-order valence-corrected chi connectivity index (χ3v) is 2.16. The van der Waals surface area contributed by atoms with Crippen molar-refractivity contribution in [2.75, 3.05) is 0 Å². The fourth-order valence-electron chi connectivity index (χ4n) is 1.32. The molecule has 0 unspecified atom stereocenters. The van der Waals surface area contributed by atoms with Gasteiger partial charge in [0.2, 0.25) is 0 Å². The Morgan fingerprint density at radius 2 is 1.47 bits per heavy atom. The van der Waals surface area contributed by atoms with Gasteiger partial charge < -0.3 is 9.90 Å². The van der Waals surface area contributed by atoms with Gasteiger partial charge in [-0.2, -0.15) is 0 Å². The SMILES string of the molecule is O=CCC(=O)CCCCCCCC(=O)O. The molecule has 0 saturated heterocycles. The lowest BCUT2D eigenvalue weighted by molar-refractivity contribution is -0.137. The van der Waals surface area contributed by atoms with Crippen LogP contribution in [0.4, 0.5) is 0 Å². The first-order chi connectivity index (χ1) is 7.16. The van der Waals surface area contributed by atoms with Crippen molar-refractivity contribution < 1.29 is 19.5 Å². The summed E-state index contributed by atoms with van der Waals surface area (Å²) in [6.07, 6.45) is 5.66.